The molecular formula is C9H21N2O5P. The van der Waals surface area contributed by atoms with Crippen molar-refractivity contribution >= 4 is 13.6 Å². The predicted octanol–water partition coefficient (Wildman–Crippen LogP) is -0.244. The van der Waals surface area contributed by atoms with Crippen LogP contribution in [-0.2, 0) is 14.1 Å². The zero-order valence-electron chi connectivity index (χ0n) is 10.3. The first-order valence-electron chi connectivity index (χ1n) is 5.22. The van der Waals surface area contributed by atoms with Gasteiger partial charge in [-0.2, -0.15) is 0 Å². The molecule has 0 aliphatic rings. The van der Waals surface area contributed by atoms with Crippen LogP contribution >= 0.6 is 7.60 Å². The second-order valence-electron chi connectivity index (χ2n) is 4.84. The Labute approximate surface area is 101 Å². The average Bonchev–Trinajstić information content (AvgIpc) is 1.96. The molecule has 0 aromatic rings. The van der Waals surface area contributed by atoms with Crippen molar-refractivity contribution in [3.8, 4) is 0 Å². The van der Waals surface area contributed by atoms with Crippen LogP contribution in [0.4, 0.5) is 0 Å². The highest BCUT2D eigenvalue weighted by Gasteiger charge is 2.32. The van der Waals surface area contributed by atoms with Gasteiger partial charge in [0.05, 0.1) is 5.54 Å². The second-order valence-corrected chi connectivity index (χ2v) is 6.48. The number of carbonyl (C=O) groups excluding carboxylic acids is 1. The van der Waals surface area contributed by atoms with Crippen molar-refractivity contribution in [2.24, 2.45) is 17.4 Å². The van der Waals surface area contributed by atoms with Gasteiger partial charge in [0, 0.05) is 0 Å². The van der Waals surface area contributed by atoms with Gasteiger partial charge < -0.3 is 20.3 Å². The lowest BCUT2D eigenvalue weighted by Gasteiger charge is -2.32. The van der Waals surface area contributed by atoms with E-state index < -0.39 is 31.5 Å². The lowest BCUT2D eigenvalue weighted by molar-refractivity contribution is -0.149. The maximum Gasteiger partial charge on any atom is 0.336 e. The molecule has 0 radical (unpaired) electrons. The second kappa shape index (κ2) is 5.93. The summed E-state index contributed by atoms with van der Waals surface area (Å²) in [7, 11) is -4.43. The predicted molar refractivity (Wildman–Crippen MR) is 63.0 cm³/mol. The van der Waals surface area contributed by atoms with E-state index in [9.17, 15) is 9.36 Å². The lowest BCUT2D eigenvalue weighted by atomic mass is 9.90. The minimum absolute atomic E-state index is 0.261. The molecule has 8 heteroatoms. The zero-order chi connectivity index (χ0) is 13.9. The lowest BCUT2D eigenvalue weighted by Crippen LogP contribution is -2.55. The maximum absolute atomic E-state index is 11.2. The first-order valence-corrected chi connectivity index (χ1v) is 7.02. The molecule has 0 saturated carbocycles. The Bertz CT molecular complexity index is 313. The Morgan fingerprint density at radius 1 is 1.47 bits per heavy atom. The SMILES string of the molecule is CC(C)CC(C)(N)C(N)OC(=O)CP(=O)(O)O. The minimum atomic E-state index is -4.43. The Morgan fingerprint density at radius 3 is 2.29 bits per heavy atom. The van der Waals surface area contributed by atoms with Crippen LogP contribution in [-0.4, -0.2) is 33.7 Å². The highest BCUT2D eigenvalue weighted by Crippen LogP contribution is 2.34. The number of hydrogen-bond donors (Lipinski definition) is 4. The van der Waals surface area contributed by atoms with Gasteiger partial charge in [-0.3, -0.25) is 15.1 Å². The summed E-state index contributed by atoms with van der Waals surface area (Å²) in [5.41, 5.74) is 10.5. The van der Waals surface area contributed by atoms with Gasteiger partial charge in [0.2, 0.25) is 0 Å². The summed E-state index contributed by atoms with van der Waals surface area (Å²) in [5, 5.41) is 0. The van der Waals surface area contributed by atoms with Crippen molar-refractivity contribution in [1.29, 1.82) is 0 Å². The van der Waals surface area contributed by atoms with Crippen LogP contribution in [0.25, 0.3) is 0 Å². The number of ether oxygens (including phenoxy) is 1. The molecule has 0 bridgehead atoms. The summed E-state index contributed by atoms with van der Waals surface area (Å²) in [6.07, 6.45) is -1.56. The molecule has 6 N–H and O–H groups in total. The Kier molecular flexibility index (Phi) is 5.77. The van der Waals surface area contributed by atoms with Crippen molar-refractivity contribution < 1.29 is 23.9 Å². The molecule has 0 heterocycles. The summed E-state index contributed by atoms with van der Waals surface area (Å²) in [6, 6.07) is 0. The highest BCUT2D eigenvalue weighted by molar-refractivity contribution is 7.52. The molecule has 0 rings (SSSR count). The fourth-order valence-corrected chi connectivity index (χ4v) is 1.89. The van der Waals surface area contributed by atoms with Gasteiger partial charge in [-0.25, -0.2) is 0 Å². The van der Waals surface area contributed by atoms with Gasteiger partial charge in [0.1, 0.15) is 6.16 Å². The van der Waals surface area contributed by atoms with E-state index in [1.807, 2.05) is 13.8 Å². The minimum Gasteiger partial charge on any atom is -0.444 e. The van der Waals surface area contributed by atoms with E-state index in [1.165, 1.54) is 0 Å². The molecule has 0 spiro atoms. The topological polar surface area (TPSA) is 136 Å². The van der Waals surface area contributed by atoms with Crippen LogP contribution < -0.4 is 11.5 Å². The largest absolute Gasteiger partial charge is 0.444 e. The van der Waals surface area contributed by atoms with Gasteiger partial charge in [-0.05, 0) is 19.3 Å². The van der Waals surface area contributed by atoms with Crippen LogP contribution in [0.3, 0.4) is 0 Å². The summed E-state index contributed by atoms with van der Waals surface area (Å²) in [6.45, 7) is 5.51. The summed E-state index contributed by atoms with van der Waals surface area (Å²) < 4.78 is 15.3. The number of hydrogen-bond acceptors (Lipinski definition) is 5. The Morgan fingerprint density at radius 2 is 1.94 bits per heavy atom. The third-order valence-electron chi connectivity index (χ3n) is 2.09. The van der Waals surface area contributed by atoms with Crippen LogP contribution in [0.1, 0.15) is 27.2 Å². The van der Waals surface area contributed by atoms with Crippen molar-refractivity contribution in [3.63, 3.8) is 0 Å². The van der Waals surface area contributed by atoms with Gasteiger partial charge in [-0.1, -0.05) is 13.8 Å². The van der Waals surface area contributed by atoms with Gasteiger partial charge in [0.15, 0.2) is 6.23 Å². The van der Waals surface area contributed by atoms with E-state index in [1.54, 1.807) is 6.92 Å². The molecule has 0 aliphatic heterocycles. The smallest absolute Gasteiger partial charge is 0.336 e. The summed E-state index contributed by atoms with van der Waals surface area (Å²) in [5.74, 6) is -0.789. The fourth-order valence-electron chi connectivity index (χ4n) is 1.48. The molecule has 2 atom stereocenters. The number of carbonyl (C=O) groups is 1. The van der Waals surface area contributed by atoms with Crippen LogP contribution in [0.15, 0.2) is 0 Å². The molecule has 17 heavy (non-hydrogen) atoms. The quantitative estimate of drug-likeness (QED) is 0.296. The monoisotopic (exact) mass is 268 g/mol. The molecule has 0 amide bonds. The van der Waals surface area contributed by atoms with Crippen LogP contribution in [0.2, 0.25) is 0 Å². The third kappa shape index (κ3) is 7.46. The molecule has 102 valence electrons. The first-order chi connectivity index (χ1) is 7.44. The molecule has 0 aliphatic carbocycles. The van der Waals surface area contributed by atoms with Gasteiger partial charge in [-0.15, -0.1) is 0 Å². The molecular weight excluding hydrogens is 247 g/mol. The number of nitrogens with two attached hydrogens (primary N) is 2. The molecule has 0 aromatic carbocycles. The molecule has 0 aromatic heterocycles. The van der Waals surface area contributed by atoms with Crippen molar-refractivity contribution in [2.75, 3.05) is 6.16 Å². The summed E-state index contributed by atoms with van der Waals surface area (Å²) >= 11 is 0. The van der Waals surface area contributed by atoms with E-state index in [0.717, 1.165) is 0 Å². The van der Waals surface area contributed by atoms with Crippen LogP contribution in [0.5, 0.6) is 0 Å². The number of esters is 1. The Hall–Kier alpha value is -0.460. The normalized spacial score (nSPS) is 17.6. The van der Waals surface area contributed by atoms with Crippen molar-refractivity contribution in [2.45, 2.75) is 39.0 Å². The van der Waals surface area contributed by atoms with E-state index >= 15 is 0 Å². The van der Waals surface area contributed by atoms with E-state index in [2.05, 4.69) is 0 Å². The first kappa shape index (κ1) is 16.5. The van der Waals surface area contributed by atoms with Crippen molar-refractivity contribution in [3.05, 3.63) is 0 Å². The zero-order valence-corrected chi connectivity index (χ0v) is 11.2. The Balaban J connectivity index is 4.38. The fraction of sp³-hybridized carbons (Fsp3) is 0.889. The third-order valence-corrected chi connectivity index (χ3v) is 2.76. The number of rotatable bonds is 6. The van der Waals surface area contributed by atoms with Crippen LogP contribution in [0, 0.1) is 5.92 Å². The molecule has 0 fully saturated rings. The summed E-state index contributed by atoms with van der Waals surface area (Å²) in [4.78, 5) is 28.3. The van der Waals surface area contributed by atoms with Crippen molar-refractivity contribution in [1.82, 2.24) is 0 Å². The standard InChI is InChI=1S/C9H21N2O5P/c1-6(2)4-9(3,11)8(10)16-7(12)5-17(13,14)15/h6,8H,4-5,10-11H2,1-3H3,(H2,13,14,15). The average molecular weight is 268 g/mol. The van der Waals surface area contributed by atoms with E-state index in [-0.39, 0.29) is 5.92 Å². The van der Waals surface area contributed by atoms with Gasteiger partial charge >= 0.3 is 13.6 Å². The van der Waals surface area contributed by atoms with Gasteiger partial charge in [0.25, 0.3) is 0 Å². The highest BCUT2D eigenvalue weighted by atomic mass is 31.2. The molecule has 0 saturated heterocycles. The molecule has 2 unspecified atom stereocenters. The maximum atomic E-state index is 11.2. The molecule has 7 nitrogen and oxygen atoms in total. The van der Waals surface area contributed by atoms with E-state index in [0.29, 0.717) is 6.42 Å². The van der Waals surface area contributed by atoms with E-state index in [4.69, 9.17) is 26.0 Å².